The Bertz CT molecular complexity index is 892. The summed E-state index contributed by atoms with van der Waals surface area (Å²) in [5, 5.41) is 3.58. The van der Waals surface area contributed by atoms with Crippen molar-refractivity contribution < 1.29 is 9.53 Å². The van der Waals surface area contributed by atoms with Crippen molar-refractivity contribution in [3.8, 4) is 0 Å². The molecule has 3 nitrogen and oxygen atoms in total. The number of esters is 1. The molecule has 4 rings (SSSR count). The van der Waals surface area contributed by atoms with Gasteiger partial charge in [0.15, 0.2) is 0 Å². The number of rotatable bonds is 3. The number of methoxy groups -OCH3 is 1. The molecule has 0 amide bonds. The third-order valence-electron chi connectivity index (χ3n) is 5.12. The molecule has 1 aliphatic rings. The van der Waals surface area contributed by atoms with E-state index in [0.717, 1.165) is 22.4 Å². The smallest absolute Gasteiger partial charge is 0.312 e. The fourth-order valence-corrected chi connectivity index (χ4v) is 3.95. The van der Waals surface area contributed by atoms with Crippen LogP contribution in [0.5, 0.6) is 0 Å². The summed E-state index contributed by atoms with van der Waals surface area (Å²) in [5.41, 5.74) is 4.40. The molecule has 3 aromatic rings. The van der Waals surface area contributed by atoms with Gasteiger partial charge in [-0.1, -0.05) is 78.9 Å². The molecule has 3 atom stereocenters. The average molecular weight is 343 g/mol. The summed E-state index contributed by atoms with van der Waals surface area (Å²) in [7, 11) is 1.47. The Labute approximate surface area is 153 Å². The molecule has 3 aromatic carbocycles. The second-order valence-electron chi connectivity index (χ2n) is 6.56. The maximum Gasteiger partial charge on any atom is 0.312 e. The van der Waals surface area contributed by atoms with Gasteiger partial charge in [0.05, 0.1) is 19.1 Å². The summed E-state index contributed by atoms with van der Waals surface area (Å²) in [6, 6.07) is 28.4. The van der Waals surface area contributed by atoms with Crippen molar-refractivity contribution in [2.45, 2.75) is 12.0 Å². The van der Waals surface area contributed by atoms with Crippen LogP contribution in [-0.2, 0) is 9.53 Å². The topological polar surface area (TPSA) is 38.3 Å². The second-order valence-corrected chi connectivity index (χ2v) is 6.56. The first-order valence-corrected chi connectivity index (χ1v) is 8.83. The van der Waals surface area contributed by atoms with Crippen molar-refractivity contribution in [2.24, 2.45) is 5.92 Å². The minimum Gasteiger partial charge on any atom is -0.469 e. The van der Waals surface area contributed by atoms with E-state index in [1.165, 1.54) is 7.11 Å². The number of carbonyl (C=O) groups is 1. The van der Waals surface area contributed by atoms with Gasteiger partial charge in [-0.3, -0.25) is 4.79 Å². The molecule has 1 heterocycles. The molecule has 0 aromatic heterocycles. The summed E-state index contributed by atoms with van der Waals surface area (Å²) in [4.78, 5) is 12.9. The zero-order valence-electron chi connectivity index (χ0n) is 14.6. The van der Waals surface area contributed by atoms with E-state index in [1.807, 2.05) is 48.5 Å². The monoisotopic (exact) mass is 343 g/mol. The molecule has 0 aliphatic carbocycles. The molecular formula is C23H21NO2. The van der Waals surface area contributed by atoms with Crippen molar-refractivity contribution in [3.05, 3.63) is 102 Å². The van der Waals surface area contributed by atoms with Crippen LogP contribution in [0.15, 0.2) is 84.9 Å². The summed E-state index contributed by atoms with van der Waals surface area (Å²) in [6.45, 7) is 0. The van der Waals surface area contributed by atoms with Gasteiger partial charge >= 0.3 is 5.97 Å². The minimum absolute atomic E-state index is 0.0636. The normalized spacial score (nSPS) is 21.3. The maximum atomic E-state index is 12.9. The fraction of sp³-hybridized carbons (Fsp3) is 0.174. The third kappa shape index (κ3) is 2.86. The molecule has 1 N–H and O–H groups in total. The summed E-state index contributed by atoms with van der Waals surface area (Å²) in [6.07, 6.45) is 0. The molecule has 1 aliphatic heterocycles. The highest BCUT2D eigenvalue weighted by Gasteiger charge is 2.43. The van der Waals surface area contributed by atoms with Crippen molar-refractivity contribution >= 4 is 11.7 Å². The van der Waals surface area contributed by atoms with Crippen molar-refractivity contribution in [1.29, 1.82) is 0 Å². The van der Waals surface area contributed by atoms with Crippen molar-refractivity contribution in [2.75, 3.05) is 12.4 Å². The van der Waals surface area contributed by atoms with Crippen molar-refractivity contribution in [3.63, 3.8) is 0 Å². The highest BCUT2D eigenvalue weighted by Crippen LogP contribution is 2.48. The molecule has 3 heteroatoms. The maximum absolute atomic E-state index is 12.9. The van der Waals surface area contributed by atoms with E-state index in [9.17, 15) is 4.79 Å². The van der Waals surface area contributed by atoms with Crippen LogP contribution in [-0.4, -0.2) is 13.1 Å². The Morgan fingerprint density at radius 2 is 1.38 bits per heavy atom. The number of fused-ring (bicyclic) bond motifs is 1. The van der Waals surface area contributed by atoms with Crippen LogP contribution in [0.1, 0.15) is 28.7 Å². The Balaban J connectivity index is 1.91. The SMILES string of the molecule is COC(=O)[C@H]1[C@H](c2ccccc2)c2ccccc2N[C@H]1c1ccccc1. The van der Waals surface area contributed by atoms with Crippen LogP contribution in [0.3, 0.4) is 0 Å². The summed E-state index contributed by atoms with van der Waals surface area (Å²) in [5.74, 6) is -0.610. The van der Waals surface area contributed by atoms with Crippen LogP contribution < -0.4 is 5.32 Å². The lowest BCUT2D eigenvalue weighted by molar-refractivity contribution is -0.146. The summed E-state index contributed by atoms with van der Waals surface area (Å²) >= 11 is 0. The second kappa shape index (κ2) is 7.04. The van der Waals surface area contributed by atoms with Crippen LogP contribution in [0, 0.1) is 5.92 Å². The number of carbonyl (C=O) groups excluding carboxylic acids is 1. The Kier molecular flexibility index (Phi) is 4.44. The lowest BCUT2D eigenvalue weighted by Gasteiger charge is -2.39. The first kappa shape index (κ1) is 16.4. The highest BCUT2D eigenvalue weighted by atomic mass is 16.5. The molecule has 0 radical (unpaired) electrons. The zero-order valence-corrected chi connectivity index (χ0v) is 14.6. The molecule has 0 bridgehead atoms. The van der Waals surface area contributed by atoms with Crippen LogP contribution in [0.4, 0.5) is 5.69 Å². The first-order chi connectivity index (χ1) is 12.8. The highest BCUT2D eigenvalue weighted by molar-refractivity contribution is 5.79. The quantitative estimate of drug-likeness (QED) is 0.696. The Morgan fingerprint density at radius 3 is 2.04 bits per heavy atom. The average Bonchev–Trinajstić information content (AvgIpc) is 2.73. The molecular weight excluding hydrogens is 322 g/mol. The number of hydrogen-bond acceptors (Lipinski definition) is 3. The van der Waals surface area contributed by atoms with Gasteiger partial charge in [-0.15, -0.1) is 0 Å². The standard InChI is InChI=1S/C23H21NO2/c1-26-23(25)21-20(16-10-4-2-5-11-16)18-14-8-9-15-19(18)24-22(21)17-12-6-3-7-13-17/h2-15,20-22,24H,1H3/t20-,21+,22+/m1/s1. The van der Waals surface area contributed by atoms with Gasteiger partial charge in [-0.25, -0.2) is 0 Å². The van der Waals surface area contributed by atoms with Crippen LogP contribution >= 0.6 is 0 Å². The van der Waals surface area contributed by atoms with E-state index in [-0.39, 0.29) is 23.8 Å². The number of hydrogen-bond donors (Lipinski definition) is 1. The van der Waals surface area contributed by atoms with E-state index in [2.05, 4.69) is 41.7 Å². The number of nitrogens with one attached hydrogen (secondary N) is 1. The lowest BCUT2D eigenvalue weighted by Crippen LogP contribution is -2.38. The zero-order chi connectivity index (χ0) is 17.9. The molecule has 0 fully saturated rings. The number of ether oxygens (including phenoxy) is 1. The van der Waals surface area contributed by atoms with Gasteiger partial charge < -0.3 is 10.1 Å². The molecule has 0 saturated carbocycles. The Hall–Kier alpha value is -3.07. The van der Waals surface area contributed by atoms with Crippen LogP contribution in [0.25, 0.3) is 0 Å². The largest absolute Gasteiger partial charge is 0.469 e. The summed E-state index contributed by atoms with van der Waals surface area (Å²) < 4.78 is 5.23. The van der Waals surface area contributed by atoms with Gasteiger partial charge in [0, 0.05) is 11.6 Å². The molecule has 0 saturated heterocycles. The van der Waals surface area contributed by atoms with E-state index in [4.69, 9.17) is 4.74 Å². The van der Waals surface area contributed by atoms with Gasteiger partial charge in [0.2, 0.25) is 0 Å². The van der Waals surface area contributed by atoms with Gasteiger partial charge in [0.1, 0.15) is 0 Å². The van der Waals surface area contributed by atoms with Crippen LogP contribution in [0.2, 0.25) is 0 Å². The third-order valence-corrected chi connectivity index (χ3v) is 5.12. The fourth-order valence-electron chi connectivity index (χ4n) is 3.95. The lowest BCUT2D eigenvalue weighted by atomic mass is 9.72. The van der Waals surface area contributed by atoms with E-state index in [1.54, 1.807) is 0 Å². The van der Waals surface area contributed by atoms with Gasteiger partial charge in [0.25, 0.3) is 0 Å². The number of anilines is 1. The first-order valence-electron chi connectivity index (χ1n) is 8.83. The van der Waals surface area contributed by atoms with E-state index < -0.39 is 0 Å². The minimum atomic E-state index is -0.348. The van der Waals surface area contributed by atoms with E-state index in [0.29, 0.717) is 0 Å². The molecule has 0 unspecified atom stereocenters. The van der Waals surface area contributed by atoms with Crippen molar-refractivity contribution in [1.82, 2.24) is 0 Å². The Morgan fingerprint density at radius 1 is 0.808 bits per heavy atom. The van der Waals surface area contributed by atoms with Gasteiger partial charge in [-0.05, 0) is 22.8 Å². The number of para-hydroxylation sites is 1. The number of benzene rings is 3. The van der Waals surface area contributed by atoms with E-state index >= 15 is 0 Å². The predicted octanol–water partition coefficient (Wildman–Crippen LogP) is 4.77. The molecule has 0 spiro atoms. The molecule has 26 heavy (non-hydrogen) atoms. The molecule has 130 valence electrons. The predicted molar refractivity (Wildman–Crippen MR) is 103 cm³/mol. The van der Waals surface area contributed by atoms with Gasteiger partial charge in [-0.2, -0.15) is 0 Å².